The lowest BCUT2D eigenvalue weighted by molar-refractivity contribution is -0.385. The van der Waals surface area contributed by atoms with Crippen LogP contribution in [-0.2, 0) is 0 Å². The minimum Gasteiger partial charge on any atom is -0.336 e. The zero-order valence-corrected chi connectivity index (χ0v) is 12.4. The molecule has 108 valence electrons. The number of thioether (sulfide) groups is 1. The van der Waals surface area contributed by atoms with E-state index >= 15 is 0 Å². The summed E-state index contributed by atoms with van der Waals surface area (Å²) in [5.74, 6) is 1.14. The molecule has 1 aromatic rings. The summed E-state index contributed by atoms with van der Waals surface area (Å²) in [5, 5.41) is 11.4. The average Bonchev–Trinajstić information content (AvgIpc) is 2.46. The maximum Gasteiger partial charge on any atom is 0.282 e. The molecule has 0 aliphatic carbocycles. The van der Waals surface area contributed by atoms with Gasteiger partial charge in [0.25, 0.3) is 11.6 Å². The van der Waals surface area contributed by atoms with Gasteiger partial charge in [-0.25, -0.2) is 0 Å². The Bertz CT molecular complexity index is 519. The summed E-state index contributed by atoms with van der Waals surface area (Å²) in [5.41, 5.74) is 0.0729. The first-order valence-corrected chi connectivity index (χ1v) is 7.70. The zero-order chi connectivity index (χ0) is 14.7. The van der Waals surface area contributed by atoms with Crippen molar-refractivity contribution in [2.45, 2.75) is 19.1 Å². The molecule has 1 heterocycles. The van der Waals surface area contributed by atoms with Crippen LogP contribution in [0.5, 0.6) is 0 Å². The standard InChI is InChI=1S/C14H18N2O3S/c1-10(2)13-9-15(7-8-20-13)14(17)11-5-3-4-6-12(11)16(18)19/h3-6,10,13H,7-9H2,1-2H3. The van der Waals surface area contributed by atoms with Gasteiger partial charge in [0.2, 0.25) is 0 Å². The topological polar surface area (TPSA) is 63.5 Å². The van der Waals surface area contributed by atoms with Crippen molar-refractivity contribution in [3.63, 3.8) is 0 Å². The highest BCUT2D eigenvalue weighted by Gasteiger charge is 2.29. The molecule has 0 aromatic heterocycles. The molecule has 1 atom stereocenters. The van der Waals surface area contributed by atoms with Crippen molar-refractivity contribution in [2.75, 3.05) is 18.8 Å². The number of nitrogens with zero attached hydrogens (tertiary/aromatic N) is 2. The average molecular weight is 294 g/mol. The third-order valence-corrected chi connectivity index (χ3v) is 5.00. The van der Waals surface area contributed by atoms with E-state index in [0.29, 0.717) is 24.3 Å². The van der Waals surface area contributed by atoms with Gasteiger partial charge in [-0.2, -0.15) is 11.8 Å². The van der Waals surface area contributed by atoms with Crippen LogP contribution in [0.15, 0.2) is 24.3 Å². The number of amides is 1. The summed E-state index contributed by atoms with van der Waals surface area (Å²) in [4.78, 5) is 24.8. The molecule has 5 nitrogen and oxygen atoms in total. The number of hydrogen-bond donors (Lipinski definition) is 0. The van der Waals surface area contributed by atoms with E-state index in [1.54, 1.807) is 17.0 Å². The summed E-state index contributed by atoms with van der Waals surface area (Å²) >= 11 is 1.87. The highest BCUT2D eigenvalue weighted by atomic mass is 32.2. The molecule has 1 amide bonds. The molecule has 1 aliphatic heterocycles. The Hall–Kier alpha value is -1.56. The summed E-state index contributed by atoms with van der Waals surface area (Å²) in [6.45, 7) is 5.58. The van der Waals surface area contributed by atoms with E-state index in [0.717, 1.165) is 5.75 Å². The molecular formula is C14H18N2O3S. The minimum absolute atomic E-state index is 0.114. The van der Waals surface area contributed by atoms with E-state index in [1.807, 2.05) is 11.8 Å². The molecule has 1 aliphatic rings. The van der Waals surface area contributed by atoms with Crippen molar-refractivity contribution >= 4 is 23.4 Å². The zero-order valence-electron chi connectivity index (χ0n) is 11.6. The monoisotopic (exact) mass is 294 g/mol. The molecule has 20 heavy (non-hydrogen) atoms. The van der Waals surface area contributed by atoms with Crippen LogP contribution in [-0.4, -0.2) is 39.8 Å². The second-order valence-corrected chi connectivity index (χ2v) is 6.53. The Labute approximate surface area is 122 Å². The predicted molar refractivity (Wildman–Crippen MR) is 80.1 cm³/mol. The maximum atomic E-state index is 12.5. The predicted octanol–water partition coefficient (Wildman–Crippen LogP) is 2.81. The first-order chi connectivity index (χ1) is 9.50. The summed E-state index contributed by atoms with van der Waals surface area (Å²) in [6.07, 6.45) is 0. The second-order valence-electron chi connectivity index (χ2n) is 5.18. The van der Waals surface area contributed by atoms with Crippen LogP contribution in [0.2, 0.25) is 0 Å². The number of carbonyl (C=O) groups is 1. The molecule has 0 saturated carbocycles. The molecule has 1 unspecified atom stereocenters. The lowest BCUT2D eigenvalue weighted by atomic mass is 10.1. The van der Waals surface area contributed by atoms with Crippen molar-refractivity contribution in [3.8, 4) is 0 Å². The van der Waals surface area contributed by atoms with Crippen LogP contribution in [0, 0.1) is 16.0 Å². The maximum absolute atomic E-state index is 12.5. The summed E-state index contributed by atoms with van der Waals surface area (Å²) in [7, 11) is 0. The number of carbonyl (C=O) groups excluding carboxylic acids is 1. The Morgan fingerprint density at radius 2 is 2.15 bits per heavy atom. The SMILES string of the molecule is CC(C)C1CN(C(=O)c2ccccc2[N+](=O)[O-])CCS1. The molecule has 2 rings (SSSR count). The van der Waals surface area contributed by atoms with Crippen LogP contribution in [0.1, 0.15) is 24.2 Å². The fourth-order valence-corrected chi connectivity index (χ4v) is 3.55. The highest BCUT2D eigenvalue weighted by molar-refractivity contribution is 8.00. The molecule has 0 bridgehead atoms. The molecule has 1 aromatic carbocycles. The van der Waals surface area contributed by atoms with Crippen LogP contribution in [0.3, 0.4) is 0 Å². The van der Waals surface area contributed by atoms with Gasteiger partial charge in [-0.05, 0) is 12.0 Å². The van der Waals surface area contributed by atoms with Crippen LogP contribution in [0.25, 0.3) is 0 Å². The molecule has 0 N–H and O–H groups in total. The van der Waals surface area contributed by atoms with Crippen LogP contribution < -0.4 is 0 Å². The largest absolute Gasteiger partial charge is 0.336 e. The number of hydrogen-bond acceptors (Lipinski definition) is 4. The fourth-order valence-electron chi connectivity index (χ4n) is 2.25. The molecule has 0 spiro atoms. The van der Waals surface area contributed by atoms with E-state index in [2.05, 4.69) is 13.8 Å². The summed E-state index contributed by atoms with van der Waals surface area (Å²) in [6, 6.07) is 6.16. The van der Waals surface area contributed by atoms with Crippen molar-refractivity contribution < 1.29 is 9.72 Å². The van der Waals surface area contributed by atoms with Gasteiger partial charge in [0, 0.05) is 30.2 Å². The number of nitro groups is 1. The van der Waals surface area contributed by atoms with Crippen molar-refractivity contribution in [1.29, 1.82) is 0 Å². The quantitative estimate of drug-likeness (QED) is 0.635. The molecule has 1 saturated heterocycles. The summed E-state index contributed by atoms with van der Waals surface area (Å²) < 4.78 is 0. The Morgan fingerprint density at radius 1 is 1.45 bits per heavy atom. The van der Waals surface area contributed by atoms with Crippen molar-refractivity contribution in [2.24, 2.45) is 5.92 Å². The van der Waals surface area contributed by atoms with Gasteiger partial charge in [0.15, 0.2) is 0 Å². The lowest BCUT2D eigenvalue weighted by Gasteiger charge is -2.34. The van der Waals surface area contributed by atoms with Crippen LogP contribution >= 0.6 is 11.8 Å². The minimum atomic E-state index is -0.494. The first kappa shape index (κ1) is 14.8. The van der Waals surface area contributed by atoms with Crippen LogP contribution in [0.4, 0.5) is 5.69 Å². The third kappa shape index (κ3) is 3.12. The van der Waals surface area contributed by atoms with Gasteiger partial charge in [-0.3, -0.25) is 14.9 Å². The van der Waals surface area contributed by atoms with E-state index in [-0.39, 0.29) is 17.2 Å². The second kappa shape index (κ2) is 6.26. The Morgan fingerprint density at radius 3 is 2.80 bits per heavy atom. The van der Waals surface area contributed by atoms with E-state index in [4.69, 9.17) is 0 Å². The first-order valence-electron chi connectivity index (χ1n) is 6.65. The third-order valence-electron chi connectivity index (χ3n) is 3.46. The molecule has 6 heteroatoms. The number of para-hydroxylation sites is 1. The van der Waals surface area contributed by atoms with Gasteiger partial charge in [0.1, 0.15) is 5.56 Å². The normalized spacial score (nSPS) is 19.1. The number of nitro benzene ring substituents is 1. The Balaban J connectivity index is 2.21. The fraction of sp³-hybridized carbons (Fsp3) is 0.500. The smallest absolute Gasteiger partial charge is 0.282 e. The van der Waals surface area contributed by atoms with Crippen molar-refractivity contribution in [1.82, 2.24) is 4.90 Å². The van der Waals surface area contributed by atoms with E-state index in [1.165, 1.54) is 12.1 Å². The Kier molecular flexibility index (Phi) is 4.65. The number of rotatable bonds is 3. The molecular weight excluding hydrogens is 276 g/mol. The highest BCUT2D eigenvalue weighted by Crippen LogP contribution is 2.27. The van der Waals surface area contributed by atoms with Gasteiger partial charge >= 0.3 is 0 Å². The van der Waals surface area contributed by atoms with Crippen molar-refractivity contribution in [3.05, 3.63) is 39.9 Å². The number of benzene rings is 1. The van der Waals surface area contributed by atoms with Gasteiger partial charge in [-0.15, -0.1) is 0 Å². The van der Waals surface area contributed by atoms with E-state index in [9.17, 15) is 14.9 Å². The van der Waals surface area contributed by atoms with Gasteiger partial charge in [0.05, 0.1) is 4.92 Å². The lowest BCUT2D eigenvalue weighted by Crippen LogP contribution is -2.43. The van der Waals surface area contributed by atoms with Gasteiger partial charge < -0.3 is 4.90 Å². The molecule has 0 radical (unpaired) electrons. The van der Waals surface area contributed by atoms with E-state index < -0.39 is 4.92 Å². The van der Waals surface area contributed by atoms with Gasteiger partial charge in [-0.1, -0.05) is 26.0 Å². The molecule has 1 fully saturated rings.